The van der Waals surface area contributed by atoms with Gasteiger partial charge in [-0.25, -0.2) is 0 Å². The summed E-state index contributed by atoms with van der Waals surface area (Å²) in [6.07, 6.45) is 9.66. The third-order valence-electron chi connectivity index (χ3n) is 5.79. The molecule has 1 aliphatic heterocycles. The molecule has 0 aromatic heterocycles. The van der Waals surface area contributed by atoms with Crippen LogP contribution < -0.4 is 4.90 Å². The molecule has 128 valence electrons. The number of rotatable bonds is 5. The van der Waals surface area contributed by atoms with Crippen molar-refractivity contribution in [3.63, 3.8) is 0 Å². The number of benzene rings is 1. The average Bonchev–Trinajstić information content (AvgIpc) is 2.60. The molecule has 3 nitrogen and oxygen atoms in total. The molecule has 0 radical (unpaired) electrons. The van der Waals surface area contributed by atoms with Gasteiger partial charge in [0.05, 0.1) is 6.10 Å². The van der Waals surface area contributed by atoms with E-state index >= 15 is 0 Å². The molecule has 1 unspecified atom stereocenters. The van der Waals surface area contributed by atoms with Crippen molar-refractivity contribution in [2.75, 3.05) is 32.1 Å². The van der Waals surface area contributed by atoms with Crippen molar-refractivity contribution in [2.24, 2.45) is 0 Å². The molecule has 0 bridgehead atoms. The number of fused-ring (bicyclic) bond motifs is 1. The Morgan fingerprint density at radius 3 is 2.78 bits per heavy atom. The molecule has 0 amide bonds. The summed E-state index contributed by atoms with van der Waals surface area (Å²) < 4.78 is 0. The zero-order valence-electron chi connectivity index (χ0n) is 14.8. The topological polar surface area (TPSA) is 26.7 Å². The third-order valence-corrected chi connectivity index (χ3v) is 5.79. The van der Waals surface area contributed by atoms with Crippen LogP contribution in [0.5, 0.6) is 0 Å². The van der Waals surface area contributed by atoms with Gasteiger partial charge in [0.15, 0.2) is 0 Å². The van der Waals surface area contributed by atoms with E-state index in [-0.39, 0.29) is 6.10 Å². The van der Waals surface area contributed by atoms with E-state index in [1.54, 1.807) is 0 Å². The number of aliphatic hydroxyl groups is 1. The Bertz CT molecular complexity index is 510. The standard InChI is InChI=1S/C20H32N2O/c1-21(18-8-4-3-5-9-18)14-12-20(23)17-10-11-19-16(15-17)7-6-13-22(19)2/h10-11,15,18,20,23H,3-9,12-14H2,1-2H3. The fourth-order valence-corrected chi connectivity index (χ4v) is 4.21. The first-order valence-corrected chi connectivity index (χ1v) is 9.37. The predicted octanol–water partition coefficient (Wildman–Crippen LogP) is 3.76. The zero-order chi connectivity index (χ0) is 16.2. The van der Waals surface area contributed by atoms with E-state index in [2.05, 4.69) is 42.1 Å². The summed E-state index contributed by atoms with van der Waals surface area (Å²) in [5, 5.41) is 10.6. The second kappa shape index (κ2) is 7.67. The molecule has 1 saturated carbocycles. The molecule has 0 spiro atoms. The van der Waals surface area contributed by atoms with E-state index < -0.39 is 0 Å². The van der Waals surface area contributed by atoms with Gasteiger partial charge < -0.3 is 14.9 Å². The van der Waals surface area contributed by atoms with Gasteiger partial charge in [-0.1, -0.05) is 31.4 Å². The summed E-state index contributed by atoms with van der Waals surface area (Å²) in [6.45, 7) is 2.13. The number of aliphatic hydroxyl groups excluding tert-OH is 1. The van der Waals surface area contributed by atoms with Gasteiger partial charge in [-0.3, -0.25) is 0 Å². The lowest BCUT2D eigenvalue weighted by Crippen LogP contribution is -2.34. The van der Waals surface area contributed by atoms with Crippen LogP contribution in [0.25, 0.3) is 0 Å². The lowest BCUT2D eigenvalue weighted by molar-refractivity contribution is 0.125. The summed E-state index contributed by atoms with van der Waals surface area (Å²) in [5.41, 5.74) is 3.83. The van der Waals surface area contributed by atoms with Gasteiger partial charge in [0, 0.05) is 31.9 Å². The Morgan fingerprint density at radius 2 is 2.00 bits per heavy atom. The monoisotopic (exact) mass is 316 g/mol. The molecule has 1 N–H and O–H groups in total. The smallest absolute Gasteiger partial charge is 0.0802 e. The van der Waals surface area contributed by atoms with Crippen LogP contribution in [0.3, 0.4) is 0 Å². The van der Waals surface area contributed by atoms with Gasteiger partial charge in [-0.05, 0) is 56.3 Å². The van der Waals surface area contributed by atoms with Gasteiger partial charge in [0.2, 0.25) is 0 Å². The molecule has 3 rings (SSSR count). The van der Waals surface area contributed by atoms with Crippen molar-refractivity contribution in [1.29, 1.82) is 0 Å². The Kier molecular flexibility index (Phi) is 5.60. The molecular formula is C20H32N2O. The minimum absolute atomic E-state index is 0.335. The van der Waals surface area contributed by atoms with Crippen LogP contribution in [-0.2, 0) is 6.42 Å². The minimum atomic E-state index is -0.335. The molecule has 1 aliphatic carbocycles. The summed E-state index contributed by atoms with van der Waals surface area (Å²) >= 11 is 0. The van der Waals surface area contributed by atoms with E-state index in [0.29, 0.717) is 0 Å². The van der Waals surface area contributed by atoms with Crippen molar-refractivity contribution in [3.05, 3.63) is 29.3 Å². The lowest BCUT2D eigenvalue weighted by Gasteiger charge is -2.32. The molecule has 0 saturated heterocycles. The van der Waals surface area contributed by atoms with Crippen molar-refractivity contribution in [1.82, 2.24) is 4.90 Å². The van der Waals surface area contributed by atoms with Crippen molar-refractivity contribution in [2.45, 2.75) is 63.5 Å². The normalized spacial score (nSPS) is 20.6. The van der Waals surface area contributed by atoms with Crippen LogP contribution in [-0.4, -0.2) is 43.2 Å². The van der Waals surface area contributed by atoms with Gasteiger partial charge in [0.25, 0.3) is 0 Å². The maximum absolute atomic E-state index is 10.6. The summed E-state index contributed by atoms with van der Waals surface area (Å²) in [7, 11) is 4.39. The average molecular weight is 316 g/mol. The largest absolute Gasteiger partial charge is 0.388 e. The Hall–Kier alpha value is -1.06. The molecule has 23 heavy (non-hydrogen) atoms. The second-order valence-corrected chi connectivity index (χ2v) is 7.49. The van der Waals surface area contributed by atoms with E-state index in [9.17, 15) is 5.11 Å². The highest BCUT2D eigenvalue weighted by molar-refractivity contribution is 5.56. The quantitative estimate of drug-likeness (QED) is 0.896. The van der Waals surface area contributed by atoms with Crippen LogP contribution in [0.2, 0.25) is 0 Å². The molecule has 1 aromatic rings. The van der Waals surface area contributed by atoms with Crippen LogP contribution in [0.4, 0.5) is 5.69 Å². The van der Waals surface area contributed by atoms with Crippen LogP contribution >= 0.6 is 0 Å². The molecular weight excluding hydrogens is 284 g/mol. The van der Waals surface area contributed by atoms with Crippen LogP contribution in [0.1, 0.15) is 62.2 Å². The van der Waals surface area contributed by atoms with E-state index in [1.165, 1.54) is 49.8 Å². The van der Waals surface area contributed by atoms with Crippen molar-refractivity contribution >= 4 is 5.69 Å². The highest BCUT2D eigenvalue weighted by atomic mass is 16.3. The number of anilines is 1. The molecule has 1 heterocycles. The number of aryl methyl sites for hydroxylation is 1. The Balaban J connectivity index is 1.56. The van der Waals surface area contributed by atoms with Crippen LogP contribution in [0, 0.1) is 0 Å². The molecule has 1 aromatic carbocycles. The number of hydrogen-bond acceptors (Lipinski definition) is 3. The Labute approximate surface area is 141 Å². The van der Waals surface area contributed by atoms with Gasteiger partial charge in [-0.15, -0.1) is 0 Å². The van der Waals surface area contributed by atoms with E-state index in [1.807, 2.05) is 0 Å². The summed E-state index contributed by atoms with van der Waals surface area (Å²) in [4.78, 5) is 4.79. The lowest BCUT2D eigenvalue weighted by atomic mass is 9.94. The Morgan fingerprint density at radius 1 is 1.22 bits per heavy atom. The molecule has 1 fully saturated rings. The SMILES string of the molecule is CN1CCCc2cc(C(O)CCN(C)C3CCCCC3)ccc21. The molecule has 1 atom stereocenters. The maximum Gasteiger partial charge on any atom is 0.0802 e. The van der Waals surface area contributed by atoms with Gasteiger partial charge >= 0.3 is 0 Å². The maximum atomic E-state index is 10.6. The summed E-state index contributed by atoms with van der Waals surface area (Å²) in [5.74, 6) is 0. The van der Waals surface area contributed by atoms with Crippen LogP contribution in [0.15, 0.2) is 18.2 Å². The second-order valence-electron chi connectivity index (χ2n) is 7.49. The fraction of sp³-hybridized carbons (Fsp3) is 0.700. The number of nitrogens with zero attached hydrogens (tertiary/aromatic N) is 2. The van der Waals surface area contributed by atoms with Crippen molar-refractivity contribution in [3.8, 4) is 0 Å². The van der Waals surface area contributed by atoms with E-state index in [0.717, 1.165) is 37.5 Å². The molecule has 3 heteroatoms. The van der Waals surface area contributed by atoms with E-state index in [4.69, 9.17) is 0 Å². The highest BCUT2D eigenvalue weighted by Gasteiger charge is 2.20. The third kappa shape index (κ3) is 4.07. The first kappa shape index (κ1) is 16.8. The summed E-state index contributed by atoms with van der Waals surface area (Å²) in [6, 6.07) is 7.27. The number of hydrogen-bond donors (Lipinski definition) is 1. The fourth-order valence-electron chi connectivity index (χ4n) is 4.21. The molecule has 2 aliphatic rings. The predicted molar refractivity (Wildman–Crippen MR) is 97.1 cm³/mol. The van der Waals surface area contributed by atoms with Gasteiger partial charge in [-0.2, -0.15) is 0 Å². The van der Waals surface area contributed by atoms with Gasteiger partial charge in [0.1, 0.15) is 0 Å². The zero-order valence-corrected chi connectivity index (χ0v) is 14.8. The first-order valence-electron chi connectivity index (χ1n) is 9.37. The highest BCUT2D eigenvalue weighted by Crippen LogP contribution is 2.30. The van der Waals surface area contributed by atoms with Crippen molar-refractivity contribution < 1.29 is 5.11 Å². The minimum Gasteiger partial charge on any atom is -0.388 e. The first-order chi connectivity index (χ1) is 11.1.